The number of hydrogen-bond donors (Lipinski definition) is 2. The summed E-state index contributed by atoms with van der Waals surface area (Å²) in [5.41, 5.74) is -0.712. The number of amides is 1. The Kier molecular flexibility index (Phi) is 3.56. The SMILES string of the molecule is CC1(O)CCCN(C(=O)[C@H]2C3C=CC(C3)[C@H]2C(=O)O)CC1. The van der Waals surface area contributed by atoms with Gasteiger partial charge in [0.1, 0.15) is 0 Å². The van der Waals surface area contributed by atoms with Crippen molar-refractivity contribution in [3.05, 3.63) is 12.2 Å². The standard InChI is InChI=1S/C16H23NO4/c1-16(21)5-2-7-17(8-6-16)14(18)12-10-3-4-11(9-10)13(12)15(19)20/h3-4,10-13,21H,2,5-9H2,1H3,(H,19,20)/t10?,11?,12-,13+,16?/m0/s1. The van der Waals surface area contributed by atoms with E-state index in [1.807, 2.05) is 12.2 Å². The first kappa shape index (κ1) is 14.6. The molecule has 5 atom stereocenters. The third kappa shape index (κ3) is 2.59. The smallest absolute Gasteiger partial charge is 0.307 e. The van der Waals surface area contributed by atoms with Crippen LogP contribution in [0.15, 0.2) is 12.2 Å². The molecule has 1 amide bonds. The number of aliphatic carboxylic acids is 1. The molecule has 3 aliphatic rings. The summed E-state index contributed by atoms with van der Waals surface area (Å²) in [5.74, 6) is -1.79. The van der Waals surface area contributed by atoms with Crippen molar-refractivity contribution in [1.29, 1.82) is 0 Å². The van der Waals surface area contributed by atoms with Crippen molar-refractivity contribution in [1.82, 2.24) is 4.90 Å². The lowest BCUT2D eigenvalue weighted by atomic mass is 9.82. The van der Waals surface area contributed by atoms with Crippen LogP contribution in [0.5, 0.6) is 0 Å². The van der Waals surface area contributed by atoms with Gasteiger partial charge in [0.2, 0.25) is 5.91 Å². The van der Waals surface area contributed by atoms with Gasteiger partial charge in [0.15, 0.2) is 0 Å². The maximum atomic E-state index is 12.8. The fraction of sp³-hybridized carbons (Fsp3) is 0.750. The highest BCUT2D eigenvalue weighted by Crippen LogP contribution is 2.49. The van der Waals surface area contributed by atoms with Gasteiger partial charge in [0, 0.05) is 13.1 Å². The zero-order valence-electron chi connectivity index (χ0n) is 12.4. The van der Waals surface area contributed by atoms with Crippen molar-refractivity contribution in [2.24, 2.45) is 23.7 Å². The molecule has 5 nitrogen and oxygen atoms in total. The summed E-state index contributed by atoms with van der Waals surface area (Å²) in [7, 11) is 0. The molecule has 0 spiro atoms. The second-order valence-corrected chi connectivity index (χ2v) is 7.01. The van der Waals surface area contributed by atoms with Crippen molar-refractivity contribution >= 4 is 11.9 Å². The highest BCUT2D eigenvalue weighted by Gasteiger charge is 2.52. The zero-order chi connectivity index (χ0) is 15.2. The average Bonchev–Trinajstić information content (AvgIpc) is 2.97. The van der Waals surface area contributed by atoms with Gasteiger partial charge in [0.05, 0.1) is 17.4 Å². The topological polar surface area (TPSA) is 77.8 Å². The zero-order valence-corrected chi connectivity index (χ0v) is 12.4. The lowest BCUT2D eigenvalue weighted by molar-refractivity contribution is -0.151. The largest absolute Gasteiger partial charge is 0.481 e. The normalized spacial score (nSPS) is 42.1. The number of carbonyl (C=O) groups is 2. The number of carboxylic acids is 1. The predicted molar refractivity (Wildman–Crippen MR) is 76.4 cm³/mol. The van der Waals surface area contributed by atoms with E-state index in [4.69, 9.17) is 0 Å². The number of fused-ring (bicyclic) bond motifs is 2. The first-order valence-corrected chi connectivity index (χ1v) is 7.81. The van der Waals surface area contributed by atoms with Crippen LogP contribution in [0.1, 0.15) is 32.6 Å². The molecule has 0 aromatic carbocycles. The van der Waals surface area contributed by atoms with Crippen LogP contribution in [0.3, 0.4) is 0 Å². The Balaban J connectivity index is 1.75. The first-order valence-electron chi connectivity index (χ1n) is 7.81. The number of carbonyl (C=O) groups excluding carboxylic acids is 1. The fourth-order valence-electron chi connectivity index (χ4n) is 4.19. The molecule has 2 fully saturated rings. The van der Waals surface area contributed by atoms with Crippen LogP contribution in [-0.4, -0.2) is 45.7 Å². The summed E-state index contributed by atoms with van der Waals surface area (Å²) in [6.07, 6.45) is 6.79. The van der Waals surface area contributed by atoms with Gasteiger partial charge in [-0.2, -0.15) is 0 Å². The predicted octanol–water partition coefficient (Wildman–Crippen LogP) is 1.27. The number of likely N-dealkylation sites (tertiary alicyclic amines) is 1. The van der Waals surface area contributed by atoms with Gasteiger partial charge in [0.25, 0.3) is 0 Å². The Labute approximate surface area is 124 Å². The van der Waals surface area contributed by atoms with Crippen molar-refractivity contribution < 1.29 is 19.8 Å². The minimum atomic E-state index is -0.855. The molecule has 1 heterocycles. The van der Waals surface area contributed by atoms with Gasteiger partial charge in [-0.05, 0) is 44.4 Å². The Hall–Kier alpha value is -1.36. The van der Waals surface area contributed by atoms with Crippen LogP contribution in [0.25, 0.3) is 0 Å². The molecule has 0 aromatic rings. The van der Waals surface area contributed by atoms with E-state index < -0.39 is 23.4 Å². The summed E-state index contributed by atoms with van der Waals surface area (Å²) in [6, 6.07) is 0. The monoisotopic (exact) mass is 293 g/mol. The van der Waals surface area contributed by atoms with Gasteiger partial charge in [-0.1, -0.05) is 12.2 Å². The van der Waals surface area contributed by atoms with E-state index in [2.05, 4.69) is 0 Å². The minimum Gasteiger partial charge on any atom is -0.481 e. The highest BCUT2D eigenvalue weighted by atomic mass is 16.4. The number of allylic oxidation sites excluding steroid dienone is 2. The van der Waals surface area contributed by atoms with Crippen LogP contribution >= 0.6 is 0 Å². The molecule has 0 aromatic heterocycles. The lowest BCUT2D eigenvalue weighted by Crippen LogP contribution is -2.43. The van der Waals surface area contributed by atoms with E-state index in [1.54, 1.807) is 11.8 Å². The summed E-state index contributed by atoms with van der Waals surface area (Å²) in [5, 5.41) is 19.6. The molecule has 21 heavy (non-hydrogen) atoms. The molecule has 5 heteroatoms. The molecule has 2 N–H and O–H groups in total. The third-order valence-corrected chi connectivity index (χ3v) is 5.40. The van der Waals surface area contributed by atoms with Gasteiger partial charge < -0.3 is 15.1 Å². The average molecular weight is 293 g/mol. The number of hydrogen-bond acceptors (Lipinski definition) is 3. The number of carboxylic acid groups (broad SMARTS) is 1. The van der Waals surface area contributed by atoms with Gasteiger partial charge in [-0.3, -0.25) is 9.59 Å². The molecule has 116 valence electrons. The first-order chi connectivity index (χ1) is 9.89. The van der Waals surface area contributed by atoms with Gasteiger partial charge in [-0.25, -0.2) is 0 Å². The molecule has 1 saturated heterocycles. The van der Waals surface area contributed by atoms with Gasteiger partial charge >= 0.3 is 5.97 Å². The number of aliphatic hydroxyl groups is 1. The summed E-state index contributed by atoms with van der Waals surface area (Å²) >= 11 is 0. The molecular formula is C16H23NO4. The Morgan fingerprint density at radius 1 is 1.14 bits per heavy atom. The van der Waals surface area contributed by atoms with Crippen LogP contribution in [-0.2, 0) is 9.59 Å². The van der Waals surface area contributed by atoms with Crippen LogP contribution in [0.2, 0.25) is 0 Å². The second-order valence-electron chi connectivity index (χ2n) is 7.01. The van der Waals surface area contributed by atoms with Crippen LogP contribution in [0.4, 0.5) is 0 Å². The molecule has 0 radical (unpaired) electrons. The van der Waals surface area contributed by atoms with Gasteiger partial charge in [-0.15, -0.1) is 0 Å². The van der Waals surface area contributed by atoms with Crippen molar-refractivity contribution in [2.45, 2.75) is 38.2 Å². The maximum absolute atomic E-state index is 12.8. The Bertz CT molecular complexity index is 485. The maximum Gasteiger partial charge on any atom is 0.307 e. The van der Waals surface area contributed by atoms with Crippen LogP contribution in [0, 0.1) is 23.7 Å². The number of nitrogens with zero attached hydrogens (tertiary/aromatic N) is 1. The molecule has 1 aliphatic heterocycles. The van der Waals surface area contributed by atoms with Crippen molar-refractivity contribution in [3.63, 3.8) is 0 Å². The fourth-order valence-corrected chi connectivity index (χ4v) is 4.19. The molecule has 3 unspecified atom stereocenters. The summed E-state index contributed by atoms with van der Waals surface area (Å²) < 4.78 is 0. The molecule has 1 saturated carbocycles. The van der Waals surface area contributed by atoms with Crippen LogP contribution < -0.4 is 0 Å². The second kappa shape index (κ2) is 5.13. The third-order valence-electron chi connectivity index (χ3n) is 5.40. The minimum absolute atomic E-state index is 0.0107. The molecule has 2 bridgehead atoms. The van der Waals surface area contributed by atoms with E-state index in [1.165, 1.54) is 0 Å². The van der Waals surface area contributed by atoms with E-state index in [-0.39, 0.29) is 17.7 Å². The Morgan fingerprint density at radius 2 is 1.81 bits per heavy atom. The van der Waals surface area contributed by atoms with E-state index in [0.717, 1.165) is 12.8 Å². The van der Waals surface area contributed by atoms with Crippen molar-refractivity contribution in [2.75, 3.05) is 13.1 Å². The molecular weight excluding hydrogens is 270 g/mol. The van der Waals surface area contributed by atoms with E-state index >= 15 is 0 Å². The summed E-state index contributed by atoms with van der Waals surface area (Å²) in [4.78, 5) is 26.1. The van der Waals surface area contributed by atoms with E-state index in [9.17, 15) is 19.8 Å². The quantitative estimate of drug-likeness (QED) is 0.752. The summed E-state index contributed by atoms with van der Waals surface area (Å²) in [6.45, 7) is 2.95. The van der Waals surface area contributed by atoms with E-state index in [0.29, 0.717) is 25.9 Å². The van der Waals surface area contributed by atoms with Crippen molar-refractivity contribution in [3.8, 4) is 0 Å². The molecule has 3 rings (SSSR count). The highest BCUT2D eigenvalue weighted by molar-refractivity contribution is 5.87. The lowest BCUT2D eigenvalue weighted by Gasteiger charge is -2.30. The number of rotatable bonds is 2. The molecule has 2 aliphatic carbocycles. The Morgan fingerprint density at radius 3 is 2.48 bits per heavy atom.